The van der Waals surface area contributed by atoms with Crippen molar-refractivity contribution in [2.75, 3.05) is 18.2 Å². The maximum Gasteiger partial charge on any atom is 0.330 e. The van der Waals surface area contributed by atoms with E-state index in [0.29, 0.717) is 59.5 Å². The van der Waals surface area contributed by atoms with Gasteiger partial charge in [0.05, 0.1) is 29.6 Å². The topological polar surface area (TPSA) is 81.1 Å². The van der Waals surface area contributed by atoms with Crippen molar-refractivity contribution in [2.24, 2.45) is 11.0 Å². The summed E-state index contributed by atoms with van der Waals surface area (Å²) in [6, 6.07) is 19.1. The highest BCUT2D eigenvalue weighted by Crippen LogP contribution is 2.39. The summed E-state index contributed by atoms with van der Waals surface area (Å²) in [5.74, 6) is 0.997. The molecule has 0 bridgehead atoms. The van der Waals surface area contributed by atoms with Crippen LogP contribution in [0.5, 0.6) is 5.75 Å². The lowest BCUT2D eigenvalue weighted by molar-refractivity contribution is -0.137. The minimum Gasteiger partial charge on any atom is -0.493 e. The number of hydrazone groups is 1. The van der Waals surface area contributed by atoms with Gasteiger partial charge < -0.3 is 9.47 Å². The minimum atomic E-state index is -0.407. The molecule has 1 saturated carbocycles. The quantitative estimate of drug-likeness (QED) is 0.0296. The van der Waals surface area contributed by atoms with Gasteiger partial charge in [-0.1, -0.05) is 87.8 Å². The van der Waals surface area contributed by atoms with Gasteiger partial charge in [-0.3, -0.25) is 4.79 Å². The zero-order valence-corrected chi connectivity index (χ0v) is 32.2. The lowest BCUT2D eigenvalue weighted by atomic mass is 9.77. The number of rotatable bonds is 20. The molecular weight excluding hydrogens is 686 g/mol. The summed E-state index contributed by atoms with van der Waals surface area (Å²) in [4.78, 5) is 29.3. The molecule has 7 nitrogen and oxygen atoms in total. The zero-order valence-electron chi connectivity index (χ0n) is 31.4. The van der Waals surface area contributed by atoms with Crippen LogP contribution in [0.15, 0.2) is 78.4 Å². The normalized spacial score (nSPS) is 15.8. The number of nitrogens with zero attached hydrogens (tertiary/aromatic N) is 3. The van der Waals surface area contributed by atoms with Gasteiger partial charge in [-0.05, 0) is 111 Å². The van der Waals surface area contributed by atoms with Crippen LogP contribution in [0.3, 0.4) is 0 Å². The standard InChI is InChI=1S/C44H54FN3O4S/c1-4-7-10-16-32-19-21-33(22-20-32)34-23-25-37(38(45)30-34)35-24-26-40(51-27-13-8-9-14-28-52-43(50)6-3)36(29-35)31-46-48(42(49)15-5-2)44-47-39-17-11-12-18-41(39)53-44/h6,11-12,17-18,23-26,29-33H,3-5,7-10,13-16,19-22,27-28H2,1-2H3/b46-31+. The Morgan fingerprint density at radius 2 is 1.74 bits per heavy atom. The number of para-hydroxylation sites is 1. The van der Waals surface area contributed by atoms with Gasteiger partial charge in [-0.25, -0.2) is 14.2 Å². The van der Waals surface area contributed by atoms with Crippen molar-refractivity contribution >= 4 is 44.8 Å². The predicted octanol–water partition coefficient (Wildman–Crippen LogP) is 11.8. The van der Waals surface area contributed by atoms with Gasteiger partial charge in [0.2, 0.25) is 11.0 Å². The molecule has 9 heteroatoms. The Labute approximate surface area is 318 Å². The van der Waals surface area contributed by atoms with E-state index >= 15 is 4.39 Å². The molecule has 1 aliphatic carbocycles. The Morgan fingerprint density at radius 3 is 2.47 bits per heavy atom. The molecule has 5 rings (SSSR count). The summed E-state index contributed by atoms with van der Waals surface area (Å²) >= 11 is 1.41. The number of amides is 1. The van der Waals surface area contributed by atoms with Crippen LogP contribution in [0.25, 0.3) is 21.3 Å². The Morgan fingerprint density at radius 1 is 0.943 bits per heavy atom. The number of carbonyl (C=O) groups excluding carboxylic acids is 2. The van der Waals surface area contributed by atoms with E-state index in [1.54, 1.807) is 12.3 Å². The molecule has 0 aliphatic heterocycles. The average Bonchev–Trinajstić information content (AvgIpc) is 3.60. The number of hydrogen-bond acceptors (Lipinski definition) is 7. The third-order valence-corrected chi connectivity index (χ3v) is 11.0. The van der Waals surface area contributed by atoms with Crippen LogP contribution in [-0.2, 0) is 14.3 Å². The maximum absolute atomic E-state index is 15.9. The van der Waals surface area contributed by atoms with E-state index in [4.69, 9.17) is 14.5 Å². The second-order valence-corrected chi connectivity index (χ2v) is 15.0. The van der Waals surface area contributed by atoms with E-state index in [2.05, 4.69) is 24.7 Å². The van der Waals surface area contributed by atoms with Crippen molar-refractivity contribution in [1.82, 2.24) is 4.98 Å². The minimum absolute atomic E-state index is 0.156. The first-order valence-corrected chi connectivity index (χ1v) is 20.3. The van der Waals surface area contributed by atoms with Gasteiger partial charge in [0.25, 0.3) is 0 Å². The number of unbranched alkanes of at least 4 members (excludes halogenated alkanes) is 5. The van der Waals surface area contributed by atoms with Crippen LogP contribution in [0.1, 0.15) is 121 Å². The first-order valence-electron chi connectivity index (χ1n) is 19.5. The van der Waals surface area contributed by atoms with Gasteiger partial charge in [0.1, 0.15) is 11.6 Å². The van der Waals surface area contributed by atoms with E-state index in [-0.39, 0.29) is 11.7 Å². The highest BCUT2D eigenvalue weighted by molar-refractivity contribution is 7.22. The van der Waals surface area contributed by atoms with Crippen molar-refractivity contribution < 1.29 is 23.5 Å². The molecule has 282 valence electrons. The number of carbonyl (C=O) groups is 2. The fourth-order valence-electron chi connectivity index (χ4n) is 7.02. The lowest BCUT2D eigenvalue weighted by Crippen LogP contribution is -2.25. The second-order valence-electron chi connectivity index (χ2n) is 14.0. The number of esters is 1. The summed E-state index contributed by atoms with van der Waals surface area (Å²) in [7, 11) is 0. The van der Waals surface area contributed by atoms with Crippen molar-refractivity contribution in [2.45, 2.75) is 110 Å². The van der Waals surface area contributed by atoms with Gasteiger partial charge in [0, 0.05) is 23.6 Å². The van der Waals surface area contributed by atoms with Crippen LogP contribution in [0, 0.1) is 11.7 Å². The molecule has 0 unspecified atom stereocenters. The molecule has 0 spiro atoms. The van der Waals surface area contributed by atoms with E-state index in [1.807, 2.05) is 55.5 Å². The molecule has 0 saturated heterocycles. The van der Waals surface area contributed by atoms with Gasteiger partial charge in [0.15, 0.2) is 0 Å². The Kier molecular flexibility index (Phi) is 15.6. The number of halogens is 1. The molecule has 3 aromatic carbocycles. The van der Waals surface area contributed by atoms with E-state index < -0.39 is 5.97 Å². The molecule has 4 aromatic rings. The molecule has 1 fully saturated rings. The van der Waals surface area contributed by atoms with Crippen molar-refractivity contribution in [1.29, 1.82) is 0 Å². The maximum atomic E-state index is 15.9. The number of ether oxygens (including phenoxy) is 2. The molecule has 0 radical (unpaired) electrons. The summed E-state index contributed by atoms with van der Waals surface area (Å²) in [6.45, 7) is 8.46. The second kappa shape index (κ2) is 20.8. The first-order chi connectivity index (χ1) is 25.9. The number of hydrogen-bond donors (Lipinski definition) is 0. The molecule has 1 aliphatic rings. The molecule has 0 atom stereocenters. The van der Waals surface area contributed by atoms with E-state index in [9.17, 15) is 9.59 Å². The van der Waals surface area contributed by atoms with Crippen LogP contribution in [-0.4, -0.2) is 36.3 Å². The van der Waals surface area contributed by atoms with Crippen molar-refractivity contribution in [3.8, 4) is 16.9 Å². The SMILES string of the molecule is C=CC(=O)OCCCCCCOc1ccc(-c2ccc(C3CCC(CCCCC)CC3)cc2F)cc1/C=N/N(C(=O)CCC)c1nc2ccccc2s1. The molecule has 53 heavy (non-hydrogen) atoms. The third-order valence-electron chi connectivity index (χ3n) is 10.0. The van der Waals surface area contributed by atoms with Gasteiger partial charge in [-0.2, -0.15) is 10.1 Å². The summed E-state index contributed by atoms with van der Waals surface area (Å²) in [5, 5.41) is 6.55. The van der Waals surface area contributed by atoms with Crippen molar-refractivity contribution in [3.05, 3.63) is 90.3 Å². The van der Waals surface area contributed by atoms with Gasteiger partial charge in [-0.15, -0.1) is 0 Å². The highest BCUT2D eigenvalue weighted by atomic mass is 32.1. The third kappa shape index (κ3) is 11.6. The molecule has 1 heterocycles. The summed E-state index contributed by atoms with van der Waals surface area (Å²) in [5.41, 5.74) is 3.76. The molecule has 1 amide bonds. The summed E-state index contributed by atoms with van der Waals surface area (Å²) < 4.78 is 28.2. The monoisotopic (exact) mass is 739 g/mol. The Hall–Kier alpha value is -4.37. The molecule has 0 N–H and O–H groups in total. The number of benzene rings is 3. The van der Waals surface area contributed by atoms with Crippen LogP contribution in [0.4, 0.5) is 9.52 Å². The fraction of sp³-hybridized carbons (Fsp3) is 0.455. The molecular formula is C44H54FN3O4S. The van der Waals surface area contributed by atoms with Crippen LogP contribution >= 0.6 is 11.3 Å². The summed E-state index contributed by atoms with van der Waals surface area (Å²) in [6.07, 6.45) is 17.0. The van der Waals surface area contributed by atoms with E-state index in [1.165, 1.54) is 60.9 Å². The Balaban J connectivity index is 1.34. The molecule has 1 aromatic heterocycles. The van der Waals surface area contributed by atoms with Crippen molar-refractivity contribution in [3.63, 3.8) is 0 Å². The lowest BCUT2D eigenvalue weighted by Gasteiger charge is -2.29. The average molecular weight is 740 g/mol. The first kappa shape index (κ1) is 39.8. The number of fused-ring (bicyclic) bond motifs is 1. The predicted molar refractivity (Wildman–Crippen MR) is 215 cm³/mol. The highest BCUT2D eigenvalue weighted by Gasteiger charge is 2.23. The van der Waals surface area contributed by atoms with Crippen LogP contribution < -0.4 is 9.75 Å². The largest absolute Gasteiger partial charge is 0.493 e. The number of anilines is 1. The smallest absolute Gasteiger partial charge is 0.330 e. The number of aromatic nitrogens is 1. The number of thiazole rings is 1. The zero-order chi connectivity index (χ0) is 37.4. The fourth-order valence-corrected chi connectivity index (χ4v) is 7.96. The Bertz CT molecular complexity index is 1800. The van der Waals surface area contributed by atoms with Crippen LogP contribution in [0.2, 0.25) is 0 Å². The van der Waals surface area contributed by atoms with Gasteiger partial charge >= 0.3 is 5.97 Å². The van der Waals surface area contributed by atoms with E-state index in [0.717, 1.165) is 60.2 Å².